The predicted molar refractivity (Wildman–Crippen MR) is 76.6 cm³/mol. The summed E-state index contributed by atoms with van der Waals surface area (Å²) in [4.78, 5) is 18.6. The smallest absolute Gasteiger partial charge is 0.274 e. The number of carbonyl (C=O) groups excluding carboxylic acids is 1. The molecule has 0 spiro atoms. The van der Waals surface area contributed by atoms with Crippen LogP contribution in [0.25, 0.3) is 0 Å². The summed E-state index contributed by atoms with van der Waals surface area (Å²) >= 11 is 7.94. The van der Waals surface area contributed by atoms with Gasteiger partial charge in [0.1, 0.15) is 11.5 Å². The first-order valence-corrected chi connectivity index (χ1v) is 7.39. The molecule has 18 heavy (non-hydrogen) atoms. The molecule has 4 nitrogen and oxygen atoms in total. The monoisotopic (exact) mass is 285 g/mol. The molecule has 1 amide bonds. The quantitative estimate of drug-likeness (QED) is 0.906. The zero-order valence-corrected chi connectivity index (χ0v) is 12.0. The fourth-order valence-electron chi connectivity index (χ4n) is 1.90. The lowest BCUT2D eigenvalue weighted by Crippen LogP contribution is -2.44. The van der Waals surface area contributed by atoms with Gasteiger partial charge in [-0.05, 0) is 19.1 Å². The number of hydrogen-bond acceptors (Lipinski definition) is 4. The largest absolute Gasteiger partial charge is 0.373 e. The zero-order chi connectivity index (χ0) is 13.1. The fraction of sp³-hybridized carbons (Fsp3) is 0.500. The van der Waals surface area contributed by atoms with E-state index in [4.69, 9.17) is 11.6 Å². The first kappa shape index (κ1) is 13.5. The predicted octanol–water partition coefficient (Wildman–Crippen LogP) is 2.35. The van der Waals surface area contributed by atoms with Gasteiger partial charge < -0.3 is 10.2 Å². The molecule has 0 saturated carbocycles. The van der Waals surface area contributed by atoms with Crippen molar-refractivity contribution >= 4 is 35.1 Å². The van der Waals surface area contributed by atoms with Gasteiger partial charge in [-0.15, -0.1) is 0 Å². The van der Waals surface area contributed by atoms with Gasteiger partial charge in [0, 0.05) is 31.1 Å². The highest BCUT2D eigenvalue weighted by molar-refractivity contribution is 7.99. The standard InChI is InChI=1S/C12H16ClN3OS/c1-8-7-18-6-5-16(8)12(17)11-9(13)3-4-10(14-2)15-11/h3-4,8H,5-7H2,1-2H3,(H,14,15). The lowest BCUT2D eigenvalue weighted by molar-refractivity contribution is 0.0710. The van der Waals surface area contributed by atoms with Crippen molar-refractivity contribution in [2.45, 2.75) is 13.0 Å². The first-order chi connectivity index (χ1) is 8.63. The highest BCUT2D eigenvalue weighted by atomic mass is 35.5. The molecule has 1 N–H and O–H groups in total. The minimum Gasteiger partial charge on any atom is -0.373 e. The average molecular weight is 286 g/mol. The van der Waals surface area contributed by atoms with Crippen molar-refractivity contribution in [3.63, 3.8) is 0 Å². The third-order valence-corrected chi connectivity index (χ3v) is 4.43. The van der Waals surface area contributed by atoms with Crippen molar-refractivity contribution in [3.05, 3.63) is 22.8 Å². The molecule has 6 heteroatoms. The molecule has 1 atom stereocenters. The first-order valence-electron chi connectivity index (χ1n) is 5.86. The molecule has 0 aliphatic carbocycles. The van der Waals surface area contributed by atoms with Gasteiger partial charge in [-0.25, -0.2) is 4.98 Å². The molecule has 1 aromatic rings. The molecule has 1 aliphatic heterocycles. The Kier molecular flexibility index (Phi) is 4.35. The number of carbonyl (C=O) groups is 1. The normalized spacial score (nSPS) is 19.7. The van der Waals surface area contributed by atoms with Crippen LogP contribution in [0.15, 0.2) is 12.1 Å². The van der Waals surface area contributed by atoms with E-state index in [2.05, 4.69) is 17.2 Å². The SMILES string of the molecule is CNc1ccc(Cl)c(C(=O)N2CCSCC2C)n1. The van der Waals surface area contributed by atoms with E-state index in [0.717, 1.165) is 18.1 Å². The molecule has 2 rings (SSSR count). The van der Waals surface area contributed by atoms with Crippen molar-refractivity contribution in [1.29, 1.82) is 0 Å². The van der Waals surface area contributed by atoms with E-state index in [9.17, 15) is 4.79 Å². The van der Waals surface area contributed by atoms with Crippen molar-refractivity contribution in [1.82, 2.24) is 9.88 Å². The number of rotatable bonds is 2. The Labute approximate surface area is 116 Å². The van der Waals surface area contributed by atoms with E-state index in [0.29, 0.717) is 16.5 Å². The van der Waals surface area contributed by atoms with Crippen molar-refractivity contribution in [2.75, 3.05) is 30.4 Å². The second kappa shape index (κ2) is 5.80. The maximum Gasteiger partial charge on any atom is 0.274 e. The van der Waals surface area contributed by atoms with E-state index in [-0.39, 0.29) is 11.9 Å². The summed E-state index contributed by atoms with van der Waals surface area (Å²) in [7, 11) is 1.77. The summed E-state index contributed by atoms with van der Waals surface area (Å²) in [6.45, 7) is 2.81. The topological polar surface area (TPSA) is 45.2 Å². The van der Waals surface area contributed by atoms with Gasteiger partial charge in [0.05, 0.1) is 5.02 Å². The fourth-order valence-corrected chi connectivity index (χ4v) is 3.10. The van der Waals surface area contributed by atoms with Crippen LogP contribution in [0.3, 0.4) is 0 Å². The maximum atomic E-state index is 12.4. The molecule has 1 saturated heterocycles. The summed E-state index contributed by atoms with van der Waals surface area (Å²) in [6, 6.07) is 3.69. The number of nitrogens with zero attached hydrogens (tertiary/aromatic N) is 2. The summed E-state index contributed by atoms with van der Waals surface area (Å²) < 4.78 is 0. The number of aromatic nitrogens is 1. The third-order valence-electron chi connectivity index (χ3n) is 2.93. The number of thioether (sulfide) groups is 1. The van der Waals surface area contributed by atoms with E-state index >= 15 is 0 Å². The van der Waals surface area contributed by atoms with Crippen LogP contribution in [0.1, 0.15) is 17.4 Å². The van der Waals surface area contributed by atoms with Crippen LogP contribution in [-0.2, 0) is 0 Å². The van der Waals surface area contributed by atoms with Crippen LogP contribution in [0.4, 0.5) is 5.82 Å². The van der Waals surface area contributed by atoms with Crippen LogP contribution in [0.2, 0.25) is 5.02 Å². The average Bonchev–Trinajstić information content (AvgIpc) is 2.39. The summed E-state index contributed by atoms with van der Waals surface area (Å²) in [5.74, 6) is 2.51. The van der Waals surface area contributed by atoms with Crippen molar-refractivity contribution in [2.24, 2.45) is 0 Å². The molecule has 1 unspecified atom stereocenters. The zero-order valence-electron chi connectivity index (χ0n) is 10.4. The van der Waals surface area contributed by atoms with Crippen molar-refractivity contribution < 1.29 is 4.79 Å². The second-order valence-electron chi connectivity index (χ2n) is 4.20. The maximum absolute atomic E-state index is 12.4. The number of hydrogen-bond donors (Lipinski definition) is 1. The van der Waals surface area contributed by atoms with Crippen LogP contribution >= 0.6 is 23.4 Å². The summed E-state index contributed by atoms with van der Waals surface area (Å²) in [5, 5.41) is 3.33. The number of anilines is 1. The van der Waals surface area contributed by atoms with Gasteiger partial charge >= 0.3 is 0 Å². The Morgan fingerprint density at radius 2 is 2.39 bits per heavy atom. The van der Waals surface area contributed by atoms with Gasteiger partial charge in [0.2, 0.25) is 0 Å². The molecule has 0 aromatic carbocycles. The minimum atomic E-state index is -0.0788. The summed E-state index contributed by atoms with van der Waals surface area (Å²) in [5.41, 5.74) is 0.335. The highest BCUT2D eigenvalue weighted by Gasteiger charge is 2.27. The number of amides is 1. The van der Waals surface area contributed by atoms with E-state index in [1.165, 1.54) is 0 Å². The Hall–Kier alpha value is -0.940. The van der Waals surface area contributed by atoms with Gasteiger partial charge in [-0.2, -0.15) is 11.8 Å². The molecule has 1 aliphatic rings. The van der Waals surface area contributed by atoms with E-state index in [1.807, 2.05) is 16.7 Å². The van der Waals surface area contributed by atoms with Crippen LogP contribution in [0.5, 0.6) is 0 Å². The molecule has 2 heterocycles. The highest BCUT2D eigenvalue weighted by Crippen LogP contribution is 2.22. The lowest BCUT2D eigenvalue weighted by atomic mass is 10.2. The van der Waals surface area contributed by atoms with Crippen molar-refractivity contribution in [3.8, 4) is 0 Å². The Bertz CT molecular complexity index is 455. The van der Waals surface area contributed by atoms with E-state index < -0.39 is 0 Å². The Morgan fingerprint density at radius 3 is 3.06 bits per heavy atom. The van der Waals surface area contributed by atoms with E-state index in [1.54, 1.807) is 19.2 Å². The number of nitrogens with one attached hydrogen (secondary N) is 1. The molecule has 98 valence electrons. The summed E-state index contributed by atoms with van der Waals surface area (Å²) in [6.07, 6.45) is 0. The molecule has 0 bridgehead atoms. The molecule has 1 fully saturated rings. The van der Waals surface area contributed by atoms with Crippen LogP contribution in [0, 0.1) is 0 Å². The minimum absolute atomic E-state index is 0.0788. The second-order valence-corrected chi connectivity index (χ2v) is 5.76. The van der Waals surface area contributed by atoms with Gasteiger partial charge in [-0.1, -0.05) is 11.6 Å². The molecular formula is C12H16ClN3OS. The third kappa shape index (κ3) is 2.72. The van der Waals surface area contributed by atoms with Crippen LogP contribution in [-0.4, -0.2) is 46.9 Å². The van der Waals surface area contributed by atoms with Gasteiger partial charge in [0.25, 0.3) is 5.91 Å². The Morgan fingerprint density at radius 1 is 1.61 bits per heavy atom. The lowest BCUT2D eigenvalue weighted by Gasteiger charge is -2.33. The molecular weight excluding hydrogens is 270 g/mol. The Balaban J connectivity index is 2.27. The van der Waals surface area contributed by atoms with Gasteiger partial charge in [0.15, 0.2) is 0 Å². The van der Waals surface area contributed by atoms with Crippen LogP contribution < -0.4 is 5.32 Å². The van der Waals surface area contributed by atoms with Gasteiger partial charge in [-0.3, -0.25) is 4.79 Å². The molecule has 0 radical (unpaired) electrons. The molecule has 1 aromatic heterocycles. The number of halogens is 1. The number of pyridine rings is 1.